The molecule has 2 unspecified atom stereocenters. The molecule has 0 amide bonds. The molecule has 1 aliphatic carbocycles. The summed E-state index contributed by atoms with van der Waals surface area (Å²) >= 11 is 0. The van der Waals surface area contributed by atoms with Gasteiger partial charge in [-0.2, -0.15) is 0 Å². The average molecular weight is 194 g/mol. The molecule has 0 spiro atoms. The fourth-order valence-electron chi connectivity index (χ4n) is 2.67. The second-order valence-electron chi connectivity index (χ2n) is 6.27. The first-order valence-electron chi connectivity index (χ1n) is 5.88. The molecule has 0 aromatic rings. The number of hydrogen-bond acceptors (Lipinski definition) is 0. The van der Waals surface area contributed by atoms with Crippen LogP contribution in [0, 0.1) is 22.2 Å². The molecule has 82 valence electrons. The van der Waals surface area contributed by atoms with Crippen LogP contribution in [0.15, 0.2) is 12.2 Å². The molecule has 0 aromatic carbocycles. The van der Waals surface area contributed by atoms with Crippen molar-refractivity contribution < 1.29 is 0 Å². The summed E-state index contributed by atoms with van der Waals surface area (Å²) < 4.78 is 0. The van der Waals surface area contributed by atoms with E-state index in [-0.39, 0.29) is 0 Å². The molecule has 0 saturated carbocycles. The summed E-state index contributed by atoms with van der Waals surface area (Å²) in [5.41, 5.74) is 1.10. The Hall–Kier alpha value is -0.260. The van der Waals surface area contributed by atoms with Gasteiger partial charge >= 0.3 is 0 Å². The molecule has 0 radical (unpaired) electrons. The van der Waals surface area contributed by atoms with Crippen LogP contribution in [-0.4, -0.2) is 0 Å². The van der Waals surface area contributed by atoms with Crippen molar-refractivity contribution in [3.05, 3.63) is 12.2 Å². The number of allylic oxidation sites excluding steroid dienone is 2. The van der Waals surface area contributed by atoms with Crippen LogP contribution in [0.25, 0.3) is 0 Å². The van der Waals surface area contributed by atoms with Crippen LogP contribution < -0.4 is 0 Å². The topological polar surface area (TPSA) is 0 Å². The van der Waals surface area contributed by atoms with Gasteiger partial charge in [0.15, 0.2) is 0 Å². The third-order valence-corrected chi connectivity index (χ3v) is 5.66. The predicted molar refractivity (Wildman–Crippen MR) is 64.3 cm³/mol. The van der Waals surface area contributed by atoms with Gasteiger partial charge in [0.05, 0.1) is 0 Å². The van der Waals surface area contributed by atoms with Crippen molar-refractivity contribution in [1.29, 1.82) is 0 Å². The summed E-state index contributed by atoms with van der Waals surface area (Å²) in [6.45, 7) is 16.7. The molecule has 0 saturated heterocycles. The summed E-state index contributed by atoms with van der Waals surface area (Å²) in [6.07, 6.45) is 6.09. The van der Waals surface area contributed by atoms with E-state index in [0.29, 0.717) is 22.2 Å². The Balaban J connectivity index is 3.24. The Labute approximate surface area is 89.8 Å². The maximum Gasteiger partial charge on any atom is -0.00926 e. The van der Waals surface area contributed by atoms with E-state index in [4.69, 9.17) is 0 Å². The van der Waals surface area contributed by atoms with E-state index < -0.39 is 0 Å². The van der Waals surface area contributed by atoms with E-state index in [0.717, 1.165) is 0 Å². The van der Waals surface area contributed by atoms with Gasteiger partial charge in [0.25, 0.3) is 0 Å². The first-order valence-corrected chi connectivity index (χ1v) is 5.88. The first-order chi connectivity index (χ1) is 6.19. The molecular formula is C14H26. The summed E-state index contributed by atoms with van der Waals surface area (Å²) in [5, 5.41) is 0. The fraction of sp³-hybridized carbons (Fsp3) is 0.857. The van der Waals surface area contributed by atoms with Crippen LogP contribution in [0.1, 0.15) is 54.9 Å². The molecule has 0 bridgehead atoms. The average Bonchev–Trinajstić information content (AvgIpc) is 2.10. The van der Waals surface area contributed by atoms with Gasteiger partial charge in [-0.3, -0.25) is 0 Å². The molecule has 0 aromatic heterocycles. The molecule has 0 nitrogen and oxygen atoms in total. The van der Waals surface area contributed by atoms with Crippen LogP contribution in [-0.2, 0) is 0 Å². The third kappa shape index (κ3) is 1.26. The second kappa shape index (κ2) is 3.12. The van der Waals surface area contributed by atoms with Gasteiger partial charge in [-0.1, -0.05) is 60.6 Å². The molecule has 14 heavy (non-hydrogen) atoms. The lowest BCUT2D eigenvalue weighted by molar-refractivity contribution is -0.0395. The third-order valence-electron chi connectivity index (χ3n) is 5.66. The van der Waals surface area contributed by atoms with Crippen molar-refractivity contribution in [2.45, 2.75) is 54.9 Å². The van der Waals surface area contributed by atoms with Crippen molar-refractivity contribution in [2.75, 3.05) is 0 Å². The summed E-state index contributed by atoms with van der Waals surface area (Å²) in [4.78, 5) is 0. The normalized spacial score (nSPS) is 39.8. The van der Waals surface area contributed by atoms with Crippen LogP contribution in [0.3, 0.4) is 0 Å². The first kappa shape index (κ1) is 11.8. The Bertz CT molecular complexity index is 245. The smallest absolute Gasteiger partial charge is 0.00926 e. The molecule has 0 heterocycles. The van der Waals surface area contributed by atoms with Gasteiger partial charge in [0, 0.05) is 0 Å². The van der Waals surface area contributed by atoms with E-state index in [1.54, 1.807) is 0 Å². The standard InChI is InChI=1S/C14H26/c1-8-14(7)10-9-11(2)12(3,4)13(14,5)6/h9-11H,8H2,1-7H3. The largest absolute Gasteiger partial charge is 0.0846 e. The van der Waals surface area contributed by atoms with Crippen LogP contribution in [0.4, 0.5) is 0 Å². The van der Waals surface area contributed by atoms with Gasteiger partial charge in [0.1, 0.15) is 0 Å². The number of rotatable bonds is 1. The van der Waals surface area contributed by atoms with Gasteiger partial charge in [-0.15, -0.1) is 0 Å². The summed E-state index contributed by atoms with van der Waals surface area (Å²) in [6, 6.07) is 0. The Kier molecular flexibility index (Phi) is 2.63. The minimum absolute atomic E-state index is 0.350. The molecule has 0 fully saturated rings. The SMILES string of the molecule is CCC1(C)C=CC(C)C(C)(C)C1(C)C. The predicted octanol–water partition coefficient (Wildman–Crippen LogP) is 4.66. The number of hydrogen-bond donors (Lipinski definition) is 0. The van der Waals surface area contributed by atoms with E-state index in [2.05, 4.69) is 60.6 Å². The molecule has 1 rings (SSSR count). The van der Waals surface area contributed by atoms with Crippen LogP contribution in [0.2, 0.25) is 0 Å². The van der Waals surface area contributed by atoms with Gasteiger partial charge in [0.2, 0.25) is 0 Å². The second-order valence-corrected chi connectivity index (χ2v) is 6.27. The fourth-order valence-corrected chi connectivity index (χ4v) is 2.67. The highest BCUT2D eigenvalue weighted by molar-refractivity contribution is 5.17. The van der Waals surface area contributed by atoms with Crippen molar-refractivity contribution in [2.24, 2.45) is 22.2 Å². The zero-order chi connectivity index (χ0) is 11.2. The lowest BCUT2D eigenvalue weighted by Crippen LogP contribution is -2.50. The minimum atomic E-state index is 0.350. The van der Waals surface area contributed by atoms with E-state index >= 15 is 0 Å². The molecule has 0 aliphatic heterocycles. The lowest BCUT2D eigenvalue weighted by atomic mass is 9.47. The molecule has 1 aliphatic rings. The van der Waals surface area contributed by atoms with Gasteiger partial charge < -0.3 is 0 Å². The Morgan fingerprint density at radius 3 is 2.00 bits per heavy atom. The van der Waals surface area contributed by atoms with E-state index in [1.165, 1.54) is 6.42 Å². The summed E-state index contributed by atoms with van der Waals surface area (Å²) in [7, 11) is 0. The van der Waals surface area contributed by atoms with E-state index in [1.807, 2.05) is 0 Å². The van der Waals surface area contributed by atoms with Crippen molar-refractivity contribution >= 4 is 0 Å². The zero-order valence-electron chi connectivity index (χ0n) is 10.9. The quantitative estimate of drug-likeness (QED) is 0.532. The Morgan fingerprint density at radius 1 is 1.07 bits per heavy atom. The van der Waals surface area contributed by atoms with Crippen LogP contribution in [0.5, 0.6) is 0 Å². The Morgan fingerprint density at radius 2 is 1.57 bits per heavy atom. The minimum Gasteiger partial charge on any atom is -0.0846 e. The molecular weight excluding hydrogens is 168 g/mol. The maximum absolute atomic E-state index is 2.45. The molecule has 0 N–H and O–H groups in total. The molecule has 0 heteroatoms. The van der Waals surface area contributed by atoms with Crippen molar-refractivity contribution in [1.82, 2.24) is 0 Å². The van der Waals surface area contributed by atoms with Gasteiger partial charge in [-0.05, 0) is 28.6 Å². The highest BCUT2D eigenvalue weighted by atomic mass is 14.6. The van der Waals surface area contributed by atoms with Crippen molar-refractivity contribution in [3.8, 4) is 0 Å². The highest BCUT2D eigenvalue weighted by Gasteiger charge is 2.52. The zero-order valence-corrected chi connectivity index (χ0v) is 10.9. The highest BCUT2D eigenvalue weighted by Crippen LogP contribution is 2.59. The van der Waals surface area contributed by atoms with E-state index in [9.17, 15) is 0 Å². The van der Waals surface area contributed by atoms with Crippen molar-refractivity contribution in [3.63, 3.8) is 0 Å². The monoisotopic (exact) mass is 194 g/mol. The maximum atomic E-state index is 2.45. The van der Waals surface area contributed by atoms with Gasteiger partial charge in [-0.25, -0.2) is 0 Å². The van der Waals surface area contributed by atoms with Crippen LogP contribution >= 0.6 is 0 Å². The summed E-state index contributed by atoms with van der Waals surface area (Å²) in [5.74, 6) is 0.678. The molecule has 2 atom stereocenters. The lowest BCUT2D eigenvalue weighted by Gasteiger charge is -2.57.